The molecule has 0 spiro atoms. The molecule has 1 aliphatic rings. The summed E-state index contributed by atoms with van der Waals surface area (Å²) in [5.74, 6) is 1.28. The van der Waals surface area contributed by atoms with Crippen LogP contribution in [0.25, 0.3) is 0 Å². The normalized spacial score (nSPS) is 22.8. The van der Waals surface area contributed by atoms with E-state index >= 15 is 0 Å². The van der Waals surface area contributed by atoms with Crippen molar-refractivity contribution in [1.82, 2.24) is 9.97 Å². The van der Waals surface area contributed by atoms with Gasteiger partial charge in [-0.2, -0.15) is 16.3 Å². The third kappa shape index (κ3) is 2.76. The van der Waals surface area contributed by atoms with Crippen LogP contribution in [-0.4, -0.2) is 36.3 Å². The lowest BCUT2D eigenvalue weighted by Gasteiger charge is -2.36. The van der Waals surface area contributed by atoms with Crippen molar-refractivity contribution in [2.45, 2.75) is 19.1 Å². The third-order valence-corrected chi connectivity index (χ3v) is 3.99. The Hall–Kier alpha value is -1.66. The third-order valence-electron chi connectivity index (χ3n) is 3.28. The fourth-order valence-electron chi connectivity index (χ4n) is 2.36. The van der Waals surface area contributed by atoms with Gasteiger partial charge in [0.1, 0.15) is 6.10 Å². The molecule has 2 atom stereocenters. The van der Waals surface area contributed by atoms with Gasteiger partial charge in [-0.1, -0.05) is 0 Å². The maximum absolute atomic E-state index is 6.02. The van der Waals surface area contributed by atoms with Crippen molar-refractivity contribution < 1.29 is 9.47 Å². The van der Waals surface area contributed by atoms with E-state index in [2.05, 4.69) is 38.6 Å². The Morgan fingerprint density at radius 3 is 3.05 bits per heavy atom. The minimum Gasteiger partial charge on any atom is -0.481 e. The van der Waals surface area contributed by atoms with Crippen molar-refractivity contribution in [3.05, 3.63) is 34.7 Å². The number of hydrogen-bond donors (Lipinski definition) is 0. The Morgan fingerprint density at radius 1 is 1.40 bits per heavy atom. The number of morpholine rings is 1. The number of rotatable bonds is 3. The molecule has 1 saturated heterocycles. The van der Waals surface area contributed by atoms with Crippen LogP contribution in [0.3, 0.4) is 0 Å². The molecule has 0 saturated carbocycles. The average Bonchev–Trinajstić information content (AvgIpc) is 3.01. The van der Waals surface area contributed by atoms with E-state index in [9.17, 15) is 0 Å². The minimum absolute atomic E-state index is 0.0693. The van der Waals surface area contributed by atoms with Crippen LogP contribution >= 0.6 is 11.3 Å². The van der Waals surface area contributed by atoms with Crippen LogP contribution in [0.15, 0.2) is 29.1 Å². The summed E-state index contributed by atoms with van der Waals surface area (Å²) in [6.45, 7) is 3.62. The fourth-order valence-corrected chi connectivity index (χ4v) is 3.06. The SMILES string of the molecule is COc1ccnc(N2C[C@@H](C)O[C@H](c3ccsc3)C2)n1. The first kappa shape index (κ1) is 13.3. The number of ether oxygens (including phenoxy) is 2. The summed E-state index contributed by atoms with van der Waals surface area (Å²) < 4.78 is 11.2. The highest BCUT2D eigenvalue weighted by atomic mass is 32.1. The predicted octanol–water partition coefficient (Wildman–Crippen LogP) is 2.51. The molecule has 0 radical (unpaired) electrons. The lowest BCUT2D eigenvalue weighted by Crippen LogP contribution is -2.43. The zero-order valence-electron chi connectivity index (χ0n) is 11.5. The zero-order chi connectivity index (χ0) is 13.9. The molecule has 3 heterocycles. The molecular formula is C14H17N3O2S. The Labute approximate surface area is 122 Å². The highest BCUT2D eigenvalue weighted by molar-refractivity contribution is 7.07. The van der Waals surface area contributed by atoms with Crippen molar-refractivity contribution in [2.75, 3.05) is 25.1 Å². The number of hydrogen-bond acceptors (Lipinski definition) is 6. The van der Waals surface area contributed by atoms with Gasteiger partial charge in [0.05, 0.1) is 19.8 Å². The van der Waals surface area contributed by atoms with Crippen molar-refractivity contribution in [1.29, 1.82) is 0 Å². The van der Waals surface area contributed by atoms with E-state index in [0.717, 1.165) is 13.1 Å². The summed E-state index contributed by atoms with van der Waals surface area (Å²) in [5.41, 5.74) is 1.22. The monoisotopic (exact) mass is 291 g/mol. The highest BCUT2D eigenvalue weighted by Crippen LogP contribution is 2.28. The highest BCUT2D eigenvalue weighted by Gasteiger charge is 2.28. The summed E-state index contributed by atoms with van der Waals surface area (Å²) in [7, 11) is 1.61. The quantitative estimate of drug-likeness (QED) is 0.869. The topological polar surface area (TPSA) is 47.5 Å². The smallest absolute Gasteiger partial charge is 0.228 e. The van der Waals surface area contributed by atoms with E-state index in [1.165, 1.54) is 5.56 Å². The standard InChI is InChI=1S/C14H17N3O2S/c1-10-7-17(14-15-5-3-13(16-14)18-2)8-12(19-10)11-4-6-20-9-11/h3-6,9-10,12H,7-8H2,1-2H3/t10-,12+/m1/s1. The maximum Gasteiger partial charge on any atom is 0.228 e. The molecule has 0 aromatic carbocycles. The molecule has 1 aliphatic heterocycles. The summed E-state index contributed by atoms with van der Waals surface area (Å²) >= 11 is 1.69. The average molecular weight is 291 g/mol. The number of thiophene rings is 1. The van der Waals surface area contributed by atoms with E-state index in [1.807, 2.05) is 0 Å². The molecule has 6 heteroatoms. The van der Waals surface area contributed by atoms with E-state index in [4.69, 9.17) is 9.47 Å². The summed E-state index contributed by atoms with van der Waals surface area (Å²) in [4.78, 5) is 10.9. The molecule has 106 valence electrons. The Kier molecular flexibility index (Phi) is 3.84. The number of methoxy groups -OCH3 is 1. The second-order valence-electron chi connectivity index (χ2n) is 4.80. The largest absolute Gasteiger partial charge is 0.481 e. The Balaban J connectivity index is 1.82. The van der Waals surface area contributed by atoms with E-state index in [0.29, 0.717) is 11.8 Å². The van der Waals surface area contributed by atoms with Gasteiger partial charge in [0.15, 0.2) is 0 Å². The van der Waals surface area contributed by atoms with Crippen LogP contribution in [0.1, 0.15) is 18.6 Å². The van der Waals surface area contributed by atoms with Crippen molar-refractivity contribution >= 4 is 17.3 Å². The van der Waals surface area contributed by atoms with Gasteiger partial charge in [-0.15, -0.1) is 0 Å². The number of aromatic nitrogens is 2. The summed E-state index contributed by atoms with van der Waals surface area (Å²) in [5, 5.41) is 4.21. The van der Waals surface area contributed by atoms with E-state index in [-0.39, 0.29) is 12.2 Å². The second kappa shape index (κ2) is 5.76. The molecule has 0 bridgehead atoms. The van der Waals surface area contributed by atoms with Gasteiger partial charge in [-0.3, -0.25) is 0 Å². The maximum atomic E-state index is 6.02. The predicted molar refractivity (Wildman–Crippen MR) is 78.4 cm³/mol. The molecule has 2 aromatic heterocycles. The second-order valence-corrected chi connectivity index (χ2v) is 5.58. The summed E-state index contributed by atoms with van der Waals surface area (Å²) in [6.07, 6.45) is 1.93. The Bertz CT molecular complexity index is 561. The molecule has 3 rings (SSSR count). The van der Waals surface area contributed by atoms with E-state index in [1.54, 1.807) is 30.7 Å². The fraction of sp³-hybridized carbons (Fsp3) is 0.429. The first-order chi connectivity index (χ1) is 9.76. The van der Waals surface area contributed by atoms with Crippen molar-refractivity contribution in [3.63, 3.8) is 0 Å². The molecular weight excluding hydrogens is 274 g/mol. The van der Waals surface area contributed by atoms with E-state index < -0.39 is 0 Å². The van der Waals surface area contributed by atoms with Gasteiger partial charge in [-0.05, 0) is 29.3 Å². The van der Waals surface area contributed by atoms with Gasteiger partial charge < -0.3 is 14.4 Å². The molecule has 1 fully saturated rings. The van der Waals surface area contributed by atoms with Crippen molar-refractivity contribution in [3.8, 4) is 5.88 Å². The number of anilines is 1. The summed E-state index contributed by atoms with van der Waals surface area (Å²) in [6, 6.07) is 3.86. The van der Waals surface area contributed by atoms with Crippen LogP contribution in [0.5, 0.6) is 5.88 Å². The zero-order valence-corrected chi connectivity index (χ0v) is 12.3. The number of nitrogens with zero attached hydrogens (tertiary/aromatic N) is 3. The van der Waals surface area contributed by atoms with Gasteiger partial charge in [-0.25, -0.2) is 4.98 Å². The van der Waals surface area contributed by atoms with Gasteiger partial charge >= 0.3 is 0 Å². The molecule has 5 nitrogen and oxygen atoms in total. The van der Waals surface area contributed by atoms with Gasteiger partial charge in [0.25, 0.3) is 0 Å². The molecule has 20 heavy (non-hydrogen) atoms. The van der Waals surface area contributed by atoms with Crippen LogP contribution in [-0.2, 0) is 4.74 Å². The first-order valence-corrected chi connectivity index (χ1v) is 7.50. The lowest BCUT2D eigenvalue weighted by atomic mass is 10.1. The molecule has 2 aromatic rings. The lowest BCUT2D eigenvalue weighted by molar-refractivity contribution is -0.0176. The van der Waals surface area contributed by atoms with Crippen LogP contribution < -0.4 is 9.64 Å². The van der Waals surface area contributed by atoms with Crippen LogP contribution in [0.4, 0.5) is 5.95 Å². The first-order valence-electron chi connectivity index (χ1n) is 6.56. The molecule has 0 N–H and O–H groups in total. The van der Waals surface area contributed by atoms with Crippen LogP contribution in [0.2, 0.25) is 0 Å². The minimum atomic E-state index is 0.0693. The molecule has 0 unspecified atom stereocenters. The van der Waals surface area contributed by atoms with Crippen LogP contribution in [0, 0.1) is 0 Å². The Morgan fingerprint density at radius 2 is 2.30 bits per heavy atom. The molecule has 0 aliphatic carbocycles. The van der Waals surface area contributed by atoms with Gasteiger partial charge in [0.2, 0.25) is 11.8 Å². The van der Waals surface area contributed by atoms with Crippen molar-refractivity contribution in [2.24, 2.45) is 0 Å². The van der Waals surface area contributed by atoms with Gasteiger partial charge in [0, 0.05) is 18.8 Å². The molecule has 0 amide bonds.